The highest BCUT2D eigenvalue weighted by atomic mass is 32.1. The average Bonchev–Trinajstić information content (AvgIpc) is 2.91. The van der Waals surface area contributed by atoms with Crippen LogP contribution in [0.1, 0.15) is 48.1 Å². The van der Waals surface area contributed by atoms with Crippen LogP contribution in [-0.4, -0.2) is 40.0 Å². The molecule has 5 nitrogen and oxygen atoms in total. The van der Waals surface area contributed by atoms with Crippen molar-refractivity contribution in [1.82, 2.24) is 9.88 Å². The molecule has 0 bridgehead atoms. The van der Waals surface area contributed by atoms with Gasteiger partial charge in [-0.3, -0.25) is 9.59 Å². The minimum atomic E-state index is -0.825. The zero-order valence-electron chi connectivity index (χ0n) is 13.1. The molecule has 6 heteroatoms. The van der Waals surface area contributed by atoms with Gasteiger partial charge in [0, 0.05) is 18.5 Å². The number of carbonyl (C=O) groups is 2. The first-order chi connectivity index (χ1) is 9.61. The van der Waals surface area contributed by atoms with Crippen LogP contribution in [-0.2, 0) is 10.2 Å². The number of aliphatic carboxylic acids is 1. The van der Waals surface area contributed by atoms with Gasteiger partial charge in [0.25, 0.3) is 5.91 Å². The molecule has 1 aliphatic rings. The number of hydrogen-bond donors (Lipinski definition) is 1. The predicted molar refractivity (Wildman–Crippen MR) is 81.7 cm³/mol. The van der Waals surface area contributed by atoms with E-state index < -0.39 is 11.9 Å². The molecular formula is C15H22N2O3S. The molecular weight excluding hydrogens is 288 g/mol. The van der Waals surface area contributed by atoms with E-state index in [1.54, 1.807) is 4.90 Å². The van der Waals surface area contributed by atoms with Crippen LogP contribution in [0.3, 0.4) is 0 Å². The van der Waals surface area contributed by atoms with Gasteiger partial charge in [-0.25, -0.2) is 4.98 Å². The van der Waals surface area contributed by atoms with Crippen molar-refractivity contribution in [2.75, 3.05) is 13.1 Å². The molecule has 0 spiro atoms. The van der Waals surface area contributed by atoms with Gasteiger partial charge < -0.3 is 10.0 Å². The van der Waals surface area contributed by atoms with E-state index in [1.165, 1.54) is 11.3 Å². The first-order valence-electron chi connectivity index (χ1n) is 7.11. The van der Waals surface area contributed by atoms with Gasteiger partial charge in [-0.1, -0.05) is 27.7 Å². The molecule has 1 saturated heterocycles. The molecule has 2 atom stereocenters. The lowest BCUT2D eigenvalue weighted by Crippen LogP contribution is -2.29. The summed E-state index contributed by atoms with van der Waals surface area (Å²) in [6, 6.07) is 0. The maximum atomic E-state index is 12.6. The summed E-state index contributed by atoms with van der Waals surface area (Å²) >= 11 is 1.42. The molecule has 1 fully saturated rings. The van der Waals surface area contributed by atoms with Crippen molar-refractivity contribution in [3.05, 3.63) is 15.6 Å². The molecule has 0 radical (unpaired) electrons. The Bertz CT molecular complexity index is 574. The van der Waals surface area contributed by atoms with Crippen molar-refractivity contribution in [3.63, 3.8) is 0 Å². The predicted octanol–water partition coefficient (Wildman–Crippen LogP) is 2.54. The van der Waals surface area contributed by atoms with E-state index >= 15 is 0 Å². The number of amides is 1. The molecule has 1 aromatic heterocycles. The summed E-state index contributed by atoms with van der Waals surface area (Å²) in [4.78, 5) is 30.6. The number of hydrogen-bond acceptors (Lipinski definition) is 4. The third-order valence-corrected chi connectivity index (χ3v) is 5.42. The van der Waals surface area contributed by atoms with Gasteiger partial charge >= 0.3 is 5.97 Å². The van der Waals surface area contributed by atoms with Crippen LogP contribution in [0.15, 0.2) is 0 Å². The van der Waals surface area contributed by atoms with Crippen molar-refractivity contribution < 1.29 is 14.7 Å². The molecule has 2 heterocycles. The molecule has 2 rings (SSSR count). The highest BCUT2D eigenvalue weighted by Gasteiger charge is 2.38. The van der Waals surface area contributed by atoms with E-state index in [4.69, 9.17) is 0 Å². The SMILES string of the molecule is Cc1nc(C(C)(C)C)sc1C(=O)N1C[C@@H](C)[C@H](C(=O)O)C1. The van der Waals surface area contributed by atoms with Crippen LogP contribution >= 0.6 is 11.3 Å². The molecule has 1 aliphatic heterocycles. The molecule has 21 heavy (non-hydrogen) atoms. The molecule has 1 aromatic rings. The van der Waals surface area contributed by atoms with Gasteiger partial charge in [-0.15, -0.1) is 11.3 Å². The quantitative estimate of drug-likeness (QED) is 0.911. The third kappa shape index (κ3) is 3.10. The van der Waals surface area contributed by atoms with Gasteiger partial charge in [0.1, 0.15) is 4.88 Å². The van der Waals surface area contributed by atoms with E-state index in [9.17, 15) is 14.7 Å². The number of rotatable bonds is 2. The molecule has 0 saturated carbocycles. The Hall–Kier alpha value is -1.43. The normalized spacial score (nSPS) is 22.6. The fourth-order valence-electron chi connectivity index (χ4n) is 2.51. The van der Waals surface area contributed by atoms with E-state index in [0.29, 0.717) is 11.4 Å². The summed E-state index contributed by atoms with van der Waals surface area (Å²) in [5.74, 6) is -1.39. The van der Waals surface area contributed by atoms with Crippen LogP contribution in [0.5, 0.6) is 0 Å². The fourth-order valence-corrected chi connectivity index (χ4v) is 3.61. The number of carboxylic acid groups (broad SMARTS) is 1. The largest absolute Gasteiger partial charge is 0.481 e. The molecule has 1 amide bonds. The topological polar surface area (TPSA) is 70.5 Å². The van der Waals surface area contributed by atoms with Gasteiger partial charge in [0.15, 0.2) is 0 Å². The van der Waals surface area contributed by atoms with Crippen molar-refractivity contribution in [2.45, 2.75) is 40.0 Å². The second-order valence-corrected chi connectivity index (χ2v) is 7.81. The number of likely N-dealkylation sites (tertiary alicyclic amines) is 1. The third-order valence-electron chi connectivity index (χ3n) is 3.85. The second kappa shape index (κ2) is 5.40. The van der Waals surface area contributed by atoms with Crippen molar-refractivity contribution in [1.29, 1.82) is 0 Å². The molecule has 1 N–H and O–H groups in total. The fraction of sp³-hybridized carbons (Fsp3) is 0.667. The van der Waals surface area contributed by atoms with Crippen molar-refractivity contribution in [3.8, 4) is 0 Å². The van der Waals surface area contributed by atoms with Crippen molar-refractivity contribution >= 4 is 23.2 Å². The average molecular weight is 310 g/mol. The summed E-state index contributed by atoms with van der Waals surface area (Å²) in [5.41, 5.74) is 0.650. The lowest BCUT2D eigenvalue weighted by atomic mass is 9.98. The number of carbonyl (C=O) groups excluding carboxylic acids is 1. The smallest absolute Gasteiger partial charge is 0.308 e. The van der Waals surface area contributed by atoms with Crippen LogP contribution in [0.2, 0.25) is 0 Å². The van der Waals surface area contributed by atoms with E-state index in [2.05, 4.69) is 25.8 Å². The van der Waals surface area contributed by atoms with Gasteiger partial charge in [-0.2, -0.15) is 0 Å². The molecule has 0 aromatic carbocycles. The Balaban J connectivity index is 2.22. The zero-order valence-corrected chi connectivity index (χ0v) is 14.0. The molecule has 0 aliphatic carbocycles. The van der Waals surface area contributed by atoms with Gasteiger partial charge in [-0.05, 0) is 12.8 Å². The Labute approximate surface area is 129 Å². The van der Waals surface area contributed by atoms with Crippen LogP contribution in [0.25, 0.3) is 0 Å². The summed E-state index contributed by atoms with van der Waals surface area (Å²) in [6.45, 7) is 10.7. The molecule has 116 valence electrons. The number of carboxylic acids is 1. The first kappa shape index (κ1) is 15.9. The number of thiazole rings is 1. The van der Waals surface area contributed by atoms with E-state index in [0.717, 1.165) is 10.7 Å². The maximum absolute atomic E-state index is 12.6. The lowest BCUT2D eigenvalue weighted by Gasteiger charge is -2.15. The van der Waals surface area contributed by atoms with Crippen molar-refractivity contribution in [2.24, 2.45) is 11.8 Å². The Morgan fingerprint density at radius 1 is 1.33 bits per heavy atom. The monoisotopic (exact) mass is 310 g/mol. The first-order valence-corrected chi connectivity index (χ1v) is 7.93. The summed E-state index contributed by atoms with van der Waals surface area (Å²) in [5, 5.41) is 10.1. The summed E-state index contributed by atoms with van der Waals surface area (Å²) in [6.07, 6.45) is 0. The minimum Gasteiger partial charge on any atom is -0.481 e. The number of aryl methyl sites for hydroxylation is 1. The number of nitrogens with zero attached hydrogens (tertiary/aromatic N) is 2. The highest BCUT2D eigenvalue weighted by molar-refractivity contribution is 7.14. The van der Waals surface area contributed by atoms with Gasteiger partial charge in [0.2, 0.25) is 0 Å². The minimum absolute atomic E-state index is 0.0123. The maximum Gasteiger partial charge on any atom is 0.308 e. The Morgan fingerprint density at radius 3 is 2.38 bits per heavy atom. The Morgan fingerprint density at radius 2 is 1.95 bits per heavy atom. The lowest BCUT2D eigenvalue weighted by molar-refractivity contribution is -0.142. The van der Waals surface area contributed by atoms with Gasteiger partial charge in [0.05, 0.1) is 16.6 Å². The summed E-state index contributed by atoms with van der Waals surface area (Å²) < 4.78 is 0. The van der Waals surface area contributed by atoms with E-state index in [1.807, 2.05) is 13.8 Å². The molecule has 0 unspecified atom stereocenters. The van der Waals surface area contributed by atoms with Crippen LogP contribution < -0.4 is 0 Å². The second-order valence-electron chi connectivity index (χ2n) is 6.82. The standard InChI is InChI=1S/C15H22N2O3S/c1-8-6-17(7-10(8)13(19)20)12(18)11-9(2)16-14(21-11)15(3,4)5/h8,10H,6-7H2,1-5H3,(H,19,20)/t8-,10-/m1/s1. The van der Waals surface area contributed by atoms with Crippen LogP contribution in [0.4, 0.5) is 0 Å². The zero-order chi connectivity index (χ0) is 15.9. The van der Waals surface area contributed by atoms with E-state index in [-0.39, 0.29) is 23.8 Å². The number of aromatic nitrogens is 1. The Kier molecular flexibility index (Phi) is 4.10. The van der Waals surface area contributed by atoms with Crippen LogP contribution in [0, 0.1) is 18.8 Å². The summed E-state index contributed by atoms with van der Waals surface area (Å²) in [7, 11) is 0. The highest BCUT2D eigenvalue weighted by Crippen LogP contribution is 2.32.